The molecular weight excluding hydrogens is 321 g/mol. The van der Waals surface area contributed by atoms with Gasteiger partial charge in [-0.25, -0.2) is 14.2 Å². The van der Waals surface area contributed by atoms with Crippen molar-refractivity contribution >= 4 is 22.3 Å². The minimum Gasteiger partial charge on any atom is -0.456 e. The smallest absolute Gasteiger partial charge is 0.338 e. The van der Waals surface area contributed by atoms with E-state index in [2.05, 4.69) is 10.1 Å². The maximum Gasteiger partial charge on any atom is 0.338 e. The van der Waals surface area contributed by atoms with Crippen molar-refractivity contribution in [3.8, 4) is 0 Å². The van der Waals surface area contributed by atoms with Crippen LogP contribution in [0.4, 0.5) is 4.39 Å². The van der Waals surface area contributed by atoms with E-state index in [-0.39, 0.29) is 17.7 Å². The molecule has 2 heterocycles. The molecule has 0 saturated carbocycles. The first-order valence-electron chi connectivity index (χ1n) is 6.88. The van der Waals surface area contributed by atoms with Crippen LogP contribution >= 0.6 is 11.3 Å². The fraction of sp³-hybridized carbons (Fsp3) is 0.200. The van der Waals surface area contributed by atoms with E-state index >= 15 is 0 Å². The molecule has 0 spiro atoms. The van der Waals surface area contributed by atoms with Crippen LogP contribution in [0, 0.1) is 5.82 Å². The summed E-state index contributed by atoms with van der Waals surface area (Å²) in [6.07, 6.45) is 0.706. The monoisotopic (exact) mass is 333 g/mol. The van der Waals surface area contributed by atoms with Gasteiger partial charge in [-0.15, -0.1) is 0 Å². The van der Waals surface area contributed by atoms with Crippen LogP contribution in [-0.2, 0) is 17.8 Å². The van der Waals surface area contributed by atoms with Gasteiger partial charge in [-0.05, 0) is 24.6 Å². The van der Waals surface area contributed by atoms with Crippen molar-refractivity contribution in [3.63, 3.8) is 0 Å². The minimum absolute atomic E-state index is 0.105. The van der Waals surface area contributed by atoms with Gasteiger partial charge in [0, 0.05) is 6.07 Å². The van der Waals surface area contributed by atoms with Crippen LogP contribution in [-0.4, -0.2) is 20.6 Å². The number of nitrogens with zero attached hydrogens (tertiary/aromatic N) is 3. The molecule has 0 N–H and O–H groups in total. The molecule has 1 aromatic carbocycles. The summed E-state index contributed by atoms with van der Waals surface area (Å²) in [5, 5.41) is 4.93. The Morgan fingerprint density at radius 3 is 2.96 bits per heavy atom. The van der Waals surface area contributed by atoms with E-state index in [1.807, 2.05) is 6.92 Å². The van der Waals surface area contributed by atoms with E-state index in [4.69, 9.17) is 4.74 Å². The molecule has 0 radical (unpaired) electrons. The van der Waals surface area contributed by atoms with E-state index in [1.165, 1.54) is 40.1 Å². The largest absolute Gasteiger partial charge is 0.456 e. The molecule has 6 nitrogen and oxygen atoms in total. The van der Waals surface area contributed by atoms with Gasteiger partial charge in [-0.1, -0.05) is 24.3 Å². The fourth-order valence-corrected chi connectivity index (χ4v) is 2.81. The van der Waals surface area contributed by atoms with Gasteiger partial charge in [0.1, 0.15) is 17.4 Å². The highest BCUT2D eigenvalue weighted by molar-refractivity contribution is 7.16. The summed E-state index contributed by atoms with van der Waals surface area (Å²) in [6.45, 7) is 1.77. The summed E-state index contributed by atoms with van der Waals surface area (Å²) in [5.74, 6) is -1.20. The van der Waals surface area contributed by atoms with Crippen LogP contribution in [0.25, 0.3) is 4.96 Å². The Balaban J connectivity index is 1.79. The lowest BCUT2D eigenvalue weighted by Crippen LogP contribution is -2.16. The van der Waals surface area contributed by atoms with Gasteiger partial charge in [0.05, 0.1) is 11.3 Å². The van der Waals surface area contributed by atoms with Gasteiger partial charge >= 0.3 is 5.97 Å². The molecule has 0 amide bonds. The highest BCUT2D eigenvalue weighted by Gasteiger charge is 2.11. The number of carbonyl (C=O) groups excluding carboxylic acids is 1. The van der Waals surface area contributed by atoms with Crippen molar-refractivity contribution in [2.75, 3.05) is 0 Å². The molecule has 3 aromatic rings. The van der Waals surface area contributed by atoms with Crippen LogP contribution in [0.2, 0.25) is 0 Å². The summed E-state index contributed by atoms with van der Waals surface area (Å²) < 4.78 is 19.4. The second-order valence-corrected chi connectivity index (χ2v) is 5.76. The molecule has 23 heavy (non-hydrogen) atoms. The lowest BCUT2D eigenvalue weighted by atomic mass is 10.2. The molecule has 0 atom stereocenters. The lowest BCUT2D eigenvalue weighted by molar-refractivity contribution is 0.0467. The van der Waals surface area contributed by atoms with Crippen LogP contribution < -0.4 is 5.56 Å². The number of hydrogen-bond acceptors (Lipinski definition) is 6. The zero-order chi connectivity index (χ0) is 16.4. The molecular formula is C15H12FN3O3S. The Bertz CT molecular complexity index is 935. The first kappa shape index (κ1) is 15.3. The maximum absolute atomic E-state index is 13.1. The third-order valence-electron chi connectivity index (χ3n) is 3.05. The molecule has 0 fully saturated rings. The second kappa shape index (κ2) is 6.25. The molecule has 0 aliphatic carbocycles. The number of benzene rings is 1. The maximum atomic E-state index is 13.1. The summed E-state index contributed by atoms with van der Waals surface area (Å²) in [6, 6.07) is 6.47. The summed E-state index contributed by atoms with van der Waals surface area (Å²) in [4.78, 5) is 28.5. The molecule has 3 rings (SSSR count). The predicted octanol–water partition coefficient (Wildman–Crippen LogP) is 2.21. The fourth-order valence-electron chi connectivity index (χ4n) is 1.95. The number of aryl methyl sites for hydroxylation is 1. The first-order chi connectivity index (χ1) is 11.1. The van der Waals surface area contributed by atoms with Crippen LogP contribution in [0.1, 0.15) is 28.0 Å². The van der Waals surface area contributed by atoms with Gasteiger partial charge in [0.2, 0.25) is 4.96 Å². The number of aromatic nitrogens is 3. The number of esters is 1. The standard InChI is InChI=1S/C15H12FN3O3S/c1-2-12-18-19-13(20)7-11(17-15(19)23-12)8-22-14(21)9-4-3-5-10(16)6-9/h3-7H,2,8H2,1H3. The van der Waals surface area contributed by atoms with Crippen molar-refractivity contribution in [1.29, 1.82) is 0 Å². The van der Waals surface area contributed by atoms with Crippen LogP contribution in [0.3, 0.4) is 0 Å². The average molecular weight is 333 g/mol. The van der Waals surface area contributed by atoms with E-state index < -0.39 is 11.8 Å². The zero-order valence-electron chi connectivity index (χ0n) is 12.2. The number of carbonyl (C=O) groups is 1. The Morgan fingerprint density at radius 2 is 2.22 bits per heavy atom. The highest BCUT2D eigenvalue weighted by Crippen LogP contribution is 2.12. The Labute approximate surface area is 134 Å². The third kappa shape index (κ3) is 3.26. The van der Waals surface area contributed by atoms with Crippen molar-refractivity contribution in [2.24, 2.45) is 0 Å². The Hall–Kier alpha value is -2.61. The molecule has 2 aromatic heterocycles. The highest BCUT2D eigenvalue weighted by atomic mass is 32.1. The quantitative estimate of drug-likeness (QED) is 0.685. The van der Waals surface area contributed by atoms with E-state index in [0.29, 0.717) is 17.1 Å². The van der Waals surface area contributed by atoms with Gasteiger partial charge in [0.15, 0.2) is 0 Å². The van der Waals surface area contributed by atoms with Gasteiger partial charge < -0.3 is 4.74 Å². The number of rotatable bonds is 4. The summed E-state index contributed by atoms with van der Waals surface area (Å²) >= 11 is 1.31. The Morgan fingerprint density at radius 1 is 1.39 bits per heavy atom. The first-order valence-corrected chi connectivity index (χ1v) is 7.70. The molecule has 118 valence electrons. The number of halogens is 1. The van der Waals surface area contributed by atoms with Crippen LogP contribution in [0.5, 0.6) is 0 Å². The molecule has 0 bridgehead atoms. The third-order valence-corrected chi connectivity index (χ3v) is 4.11. The molecule has 0 aliphatic rings. The second-order valence-electron chi connectivity index (χ2n) is 4.72. The van der Waals surface area contributed by atoms with Gasteiger partial charge in [0.25, 0.3) is 5.56 Å². The SMILES string of the molecule is CCc1nn2c(=O)cc(COC(=O)c3cccc(F)c3)nc2s1. The van der Waals surface area contributed by atoms with Crippen molar-refractivity contribution in [3.05, 3.63) is 62.8 Å². The molecule has 0 unspecified atom stereocenters. The topological polar surface area (TPSA) is 73.6 Å². The van der Waals surface area contributed by atoms with Crippen molar-refractivity contribution < 1.29 is 13.9 Å². The van der Waals surface area contributed by atoms with Crippen molar-refractivity contribution in [2.45, 2.75) is 20.0 Å². The molecule has 0 aliphatic heterocycles. The van der Waals surface area contributed by atoms with E-state index in [1.54, 1.807) is 0 Å². The van der Waals surface area contributed by atoms with Crippen LogP contribution in [0.15, 0.2) is 35.1 Å². The van der Waals surface area contributed by atoms with Gasteiger partial charge in [-0.3, -0.25) is 4.79 Å². The van der Waals surface area contributed by atoms with E-state index in [0.717, 1.165) is 11.1 Å². The zero-order valence-corrected chi connectivity index (χ0v) is 13.0. The van der Waals surface area contributed by atoms with Gasteiger partial charge in [-0.2, -0.15) is 9.61 Å². The van der Waals surface area contributed by atoms with E-state index in [9.17, 15) is 14.0 Å². The number of hydrogen-bond donors (Lipinski definition) is 0. The summed E-state index contributed by atoms with van der Waals surface area (Å²) in [7, 11) is 0. The average Bonchev–Trinajstić information content (AvgIpc) is 2.96. The van der Waals surface area contributed by atoms with Crippen molar-refractivity contribution in [1.82, 2.24) is 14.6 Å². The molecule has 8 heteroatoms. The Kier molecular flexibility index (Phi) is 4.16. The lowest BCUT2D eigenvalue weighted by Gasteiger charge is -2.04. The summed E-state index contributed by atoms with van der Waals surface area (Å²) in [5.41, 5.74) is 0.0997. The number of ether oxygens (including phenoxy) is 1. The molecule has 0 saturated heterocycles. The normalized spacial score (nSPS) is 10.9. The predicted molar refractivity (Wildman–Crippen MR) is 82.0 cm³/mol. The number of fused-ring (bicyclic) bond motifs is 1. The minimum atomic E-state index is -0.676.